The minimum absolute atomic E-state index is 0.129. The van der Waals surface area contributed by atoms with E-state index in [0.717, 1.165) is 18.7 Å². The molecule has 1 aliphatic rings. The van der Waals surface area contributed by atoms with Gasteiger partial charge in [0, 0.05) is 33.6 Å². The molecule has 0 radical (unpaired) electrons. The molecule has 1 aromatic carbocycles. The van der Waals surface area contributed by atoms with Gasteiger partial charge in [-0.05, 0) is 30.7 Å². The van der Waals surface area contributed by atoms with Gasteiger partial charge in [-0.15, -0.1) is 0 Å². The van der Waals surface area contributed by atoms with E-state index in [9.17, 15) is 4.79 Å². The molecular formula is C18H23N3O4. The number of hydrogen-bond acceptors (Lipinski definition) is 5. The van der Waals surface area contributed by atoms with Gasteiger partial charge >= 0.3 is 0 Å². The fraction of sp³-hybridized carbons (Fsp3) is 0.389. The van der Waals surface area contributed by atoms with Gasteiger partial charge in [-0.25, -0.2) is 4.98 Å². The van der Waals surface area contributed by atoms with E-state index >= 15 is 0 Å². The van der Waals surface area contributed by atoms with Crippen molar-refractivity contribution in [3.8, 4) is 0 Å². The first kappa shape index (κ1) is 18.7. The first-order valence-corrected chi connectivity index (χ1v) is 7.92. The van der Waals surface area contributed by atoms with Gasteiger partial charge in [0.05, 0.1) is 5.69 Å². The van der Waals surface area contributed by atoms with Crippen molar-refractivity contribution in [3.05, 3.63) is 52.2 Å². The van der Waals surface area contributed by atoms with Crippen molar-refractivity contribution >= 4 is 12.4 Å². The number of fused-ring (bicyclic) bond motifs is 1. The fourth-order valence-electron chi connectivity index (χ4n) is 2.97. The van der Waals surface area contributed by atoms with E-state index in [4.69, 9.17) is 14.3 Å². The van der Waals surface area contributed by atoms with Gasteiger partial charge in [0.15, 0.2) is 5.89 Å². The molecule has 0 bridgehead atoms. The molecule has 0 saturated carbocycles. The highest BCUT2D eigenvalue weighted by Gasteiger charge is 2.21. The van der Waals surface area contributed by atoms with Crippen LogP contribution in [0.2, 0.25) is 0 Å². The van der Waals surface area contributed by atoms with E-state index in [1.807, 2.05) is 0 Å². The van der Waals surface area contributed by atoms with E-state index in [2.05, 4.69) is 35.1 Å². The van der Waals surface area contributed by atoms with Gasteiger partial charge in [0.25, 0.3) is 12.4 Å². The number of rotatable bonds is 3. The number of carbonyl (C=O) groups is 2. The number of carbonyl (C=O) groups excluding carboxylic acids is 1. The highest BCUT2D eigenvalue weighted by molar-refractivity contribution is 5.92. The van der Waals surface area contributed by atoms with Gasteiger partial charge in [-0.2, -0.15) is 0 Å². The molecule has 134 valence electrons. The number of amides is 1. The maximum atomic E-state index is 12.5. The number of aromatic nitrogens is 1. The van der Waals surface area contributed by atoms with Crippen molar-refractivity contribution < 1.29 is 19.1 Å². The Morgan fingerprint density at radius 2 is 2.00 bits per heavy atom. The maximum Gasteiger partial charge on any atom is 0.291 e. The lowest BCUT2D eigenvalue weighted by molar-refractivity contribution is -0.122. The predicted molar refractivity (Wildman–Crippen MR) is 92.1 cm³/mol. The molecule has 0 unspecified atom stereocenters. The minimum atomic E-state index is -0.250. The molecule has 1 N–H and O–H groups in total. The average molecular weight is 345 g/mol. The zero-order chi connectivity index (χ0) is 18.6. The standard InChI is InChI=1S/C17H21N3O2.CH2O2/c1-11-16(22-12(2)18-11)17(21)20(4)8-13-5-6-14-9-19(3)10-15(14)7-13;2-1-3/h5-7H,8-10H2,1-4H3;1H,(H,2,3). The zero-order valence-electron chi connectivity index (χ0n) is 14.9. The van der Waals surface area contributed by atoms with E-state index in [1.54, 1.807) is 25.8 Å². The number of aryl methyl sites for hydroxylation is 2. The topological polar surface area (TPSA) is 86.9 Å². The SMILES string of the molecule is Cc1nc(C)c(C(=O)N(C)Cc2ccc3c(c2)CN(C)C3)o1.O=CO. The van der Waals surface area contributed by atoms with Crippen LogP contribution in [-0.4, -0.2) is 46.4 Å². The summed E-state index contributed by atoms with van der Waals surface area (Å²) < 4.78 is 5.41. The van der Waals surface area contributed by atoms with Crippen molar-refractivity contribution in [1.82, 2.24) is 14.8 Å². The van der Waals surface area contributed by atoms with Crippen LogP contribution in [0.5, 0.6) is 0 Å². The van der Waals surface area contributed by atoms with Crippen LogP contribution in [0.1, 0.15) is 38.8 Å². The molecule has 0 fully saturated rings. The molecular weight excluding hydrogens is 322 g/mol. The second-order valence-corrected chi connectivity index (χ2v) is 6.19. The van der Waals surface area contributed by atoms with Gasteiger partial charge in [-0.3, -0.25) is 14.5 Å². The number of nitrogens with zero attached hydrogens (tertiary/aromatic N) is 3. The van der Waals surface area contributed by atoms with Crippen LogP contribution < -0.4 is 0 Å². The lowest BCUT2D eigenvalue weighted by Gasteiger charge is -2.16. The Bertz CT molecular complexity index is 770. The van der Waals surface area contributed by atoms with Crippen LogP contribution in [-0.2, 0) is 24.4 Å². The Balaban J connectivity index is 0.000000701. The number of oxazole rings is 1. The molecule has 1 aliphatic heterocycles. The molecule has 7 heteroatoms. The molecule has 0 atom stereocenters. The molecule has 2 aromatic rings. The molecule has 2 heterocycles. The molecule has 1 aromatic heterocycles. The normalized spacial score (nSPS) is 13.0. The van der Waals surface area contributed by atoms with Crippen molar-refractivity contribution in [2.45, 2.75) is 33.5 Å². The summed E-state index contributed by atoms with van der Waals surface area (Å²) in [6.45, 7) is 5.83. The maximum absolute atomic E-state index is 12.5. The Kier molecular flexibility index (Phi) is 5.93. The summed E-state index contributed by atoms with van der Waals surface area (Å²) >= 11 is 0. The predicted octanol–water partition coefficient (Wildman–Crippen LogP) is 2.21. The second-order valence-electron chi connectivity index (χ2n) is 6.19. The molecule has 7 nitrogen and oxygen atoms in total. The van der Waals surface area contributed by atoms with Crippen LogP contribution >= 0.6 is 0 Å². The molecule has 0 aliphatic carbocycles. The summed E-state index contributed by atoms with van der Waals surface area (Å²) in [6.07, 6.45) is 0. The third kappa shape index (κ3) is 4.45. The average Bonchev–Trinajstić information content (AvgIpc) is 3.07. The zero-order valence-corrected chi connectivity index (χ0v) is 14.9. The van der Waals surface area contributed by atoms with Crippen molar-refractivity contribution in [2.75, 3.05) is 14.1 Å². The Hall–Kier alpha value is -2.67. The fourth-order valence-corrected chi connectivity index (χ4v) is 2.97. The minimum Gasteiger partial charge on any atom is -0.483 e. The third-order valence-corrected chi connectivity index (χ3v) is 4.02. The summed E-state index contributed by atoms with van der Waals surface area (Å²) in [4.78, 5) is 28.9. The summed E-state index contributed by atoms with van der Waals surface area (Å²) in [5.74, 6) is 0.728. The summed E-state index contributed by atoms with van der Waals surface area (Å²) in [7, 11) is 3.91. The van der Waals surface area contributed by atoms with Crippen LogP contribution in [0.15, 0.2) is 22.6 Å². The Labute approximate surface area is 146 Å². The largest absolute Gasteiger partial charge is 0.483 e. The van der Waals surface area contributed by atoms with E-state index in [1.165, 1.54) is 11.1 Å². The third-order valence-electron chi connectivity index (χ3n) is 4.02. The van der Waals surface area contributed by atoms with Crippen LogP contribution in [0.25, 0.3) is 0 Å². The smallest absolute Gasteiger partial charge is 0.291 e. The summed E-state index contributed by atoms with van der Waals surface area (Å²) in [5, 5.41) is 6.89. The lowest BCUT2D eigenvalue weighted by Crippen LogP contribution is -2.26. The first-order chi connectivity index (χ1) is 11.8. The van der Waals surface area contributed by atoms with Crippen LogP contribution in [0.4, 0.5) is 0 Å². The van der Waals surface area contributed by atoms with Crippen molar-refractivity contribution in [2.24, 2.45) is 0 Å². The summed E-state index contributed by atoms with van der Waals surface area (Å²) in [6, 6.07) is 6.46. The summed E-state index contributed by atoms with van der Waals surface area (Å²) in [5.41, 5.74) is 4.51. The molecule has 0 spiro atoms. The highest BCUT2D eigenvalue weighted by Crippen LogP contribution is 2.23. The second kappa shape index (κ2) is 7.94. The van der Waals surface area contributed by atoms with E-state index in [0.29, 0.717) is 23.9 Å². The number of carboxylic acid groups (broad SMARTS) is 1. The lowest BCUT2D eigenvalue weighted by atomic mass is 10.1. The highest BCUT2D eigenvalue weighted by atomic mass is 16.4. The van der Waals surface area contributed by atoms with Gasteiger partial charge in [0.2, 0.25) is 5.76 Å². The van der Waals surface area contributed by atoms with E-state index < -0.39 is 0 Å². The number of hydrogen-bond donors (Lipinski definition) is 1. The monoisotopic (exact) mass is 345 g/mol. The Morgan fingerprint density at radius 1 is 1.36 bits per heavy atom. The molecule has 0 saturated heterocycles. The molecule has 3 rings (SSSR count). The van der Waals surface area contributed by atoms with Gasteiger partial charge in [-0.1, -0.05) is 18.2 Å². The van der Waals surface area contributed by atoms with Crippen LogP contribution in [0.3, 0.4) is 0 Å². The quantitative estimate of drug-likeness (QED) is 0.858. The molecule has 25 heavy (non-hydrogen) atoms. The molecule has 1 amide bonds. The number of benzene rings is 1. The van der Waals surface area contributed by atoms with E-state index in [-0.39, 0.29) is 12.4 Å². The van der Waals surface area contributed by atoms with Crippen LogP contribution in [0, 0.1) is 13.8 Å². The van der Waals surface area contributed by atoms with Gasteiger partial charge < -0.3 is 14.4 Å². The Morgan fingerprint density at radius 3 is 2.60 bits per heavy atom. The van der Waals surface area contributed by atoms with Gasteiger partial charge in [0.1, 0.15) is 0 Å². The van der Waals surface area contributed by atoms with Crippen molar-refractivity contribution in [3.63, 3.8) is 0 Å². The first-order valence-electron chi connectivity index (χ1n) is 7.92. The van der Waals surface area contributed by atoms with Crippen molar-refractivity contribution in [1.29, 1.82) is 0 Å².